The molecular formula is C12H21BrO4. The average Bonchev–Trinajstić information content (AvgIpc) is 2.64. The second-order valence-corrected chi connectivity index (χ2v) is 4.89. The summed E-state index contributed by atoms with van der Waals surface area (Å²) in [5, 5.41) is 0.613. The van der Waals surface area contributed by atoms with Gasteiger partial charge in [0.05, 0.1) is 11.9 Å². The molecule has 100 valence electrons. The van der Waals surface area contributed by atoms with Gasteiger partial charge in [0.2, 0.25) is 0 Å². The number of alkyl halides is 1. The zero-order valence-corrected chi connectivity index (χ0v) is 12.2. The third-order valence-electron chi connectivity index (χ3n) is 2.42. The molecule has 0 spiro atoms. The van der Waals surface area contributed by atoms with Crippen LogP contribution in [0.5, 0.6) is 0 Å². The summed E-state index contributed by atoms with van der Waals surface area (Å²) in [6.07, 6.45) is 1.06. The SMILES string of the molecule is C=C[C@@H](OC(CBr)OCC)[C@H]1COC(C)(C)O1. The molecule has 1 aliphatic rings. The van der Waals surface area contributed by atoms with E-state index < -0.39 is 5.79 Å². The van der Waals surface area contributed by atoms with E-state index in [0.717, 1.165) is 0 Å². The maximum absolute atomic E-state index is 5.77. The summed E-state index contributed by atoms with van der Waals surface area (Å²) in [5.41, 5.74) is 0. The Balaban J connectivity index is 2.51. The van der Waals surface area contributed by atoms with Crippen LogP contribution < -0.4 is 0 Å². The van der Waals surface area contributed by atoms with Crippen molar-refractivity contribution in [1.29, 1.82) is 0 Å². The Morgan fingerprint density at radius 1 is 1.59 bits per heavy atom. The summed E-state index contributed by atoms with van der Waals surface area (Å²) in [6.45, 7) is 10.6. The maximum Gasteiger partial charge on any atom is 0.168 e. The van der Waals surface area contributed by atoms with Crippen molar-refractivity contribution in [1.82, 2.24) is 0 Å². The van der Waals surface area contributed by atoms with Gasteiger partial charge in [0, 0.05) is 6.61 Å². The fourth-order valence-electron chi connectivity index (χ4n) is 1.65. The standard InChI is InChI=1S/C12H21BrO4/c1-5-9(16-11(7-13)14-6-2)10-8-15-12(3,4)17-10/h5,9-11H,1,6-8H2,2-4H3/t9-,10-,11?/m1/s1. The fourth-order valence-corrected chi connectivity index (χ4v) is 1.99. The summed E-state index contributed by atoms with van der Waals surface area (Å²) >= 11 is 3.35. The van der Waals surface area contributed by atoms with Gasteiger partial charge in [-0.1, -0.05) is 22.0 Å². The van der Waals surface area contributed by atoms with Crippen LogP contribution in [0, 0.1) is 0 Å². The molecule has 0 aromatic rings. The van der Waals surface area contributed by atoms with Crippen molar-refractivity contribution in [2.24, 2.45) is 0 Å². The van der Waals surface area contributed by atoms with Gasteiger partial charge in [-0.15, -0.1) is 6.58 Å². The molecule has 0 N–H and O–H groups in total. The minimum absolute atomic E-state index is 0.135. The van der Waals surface area contributed by atoms with E-state index in [0.29, 0.717) is 18.5 Å². The molecule has 1 heterocycles. The normalized spacial score (nSPS) is 26.7. The second-order valence-electron chi connectivity index (χ2n) is 4.24. The zero-order chi connectivity index (χ0) is 12.9. The smallest absolute Gasteiger partial charge is 0.168 e. The fraction of sp³-hybridized carbons (Fsp3) is 0.833. The van der Waals surface area contributed by atoms with Gasteiger partial charge in [0.25, 0.3) is 0 Å². The number of ether oxygens (including phenoxy) is 4. The van der Waals surface area contributed by atoms with Crippen molar-refractivity contribution >= 4 is 15.9 Å². The van der Waals surface area contributed by atoms with Crippen molar-refractivity contribution < 1.29 is 18.9 Å². The Morgan fingerprint density at radius 2 is 2.29 bits per heavy atom. The van der Waals surface area contributed by atoms with Crippen LogP contribution in [0.4, 0.5) is 0 Å². The predicted molar refractivity (Wildman–Crippen MR) is 69.2 cm³/mol. The molecule has 3 atom stereocenters. The van der Waals surface area contributed by atoms with E-state index in [4.69, 9.17) is 18.9 Å². The van der Waals surface area contributed by atoms with Gasteiger partial charge in [0.1, 0.15) is 12.2 Å². The van der Waals surface area contributed by atoms with Gasteiger partial charge in [-0.05, 0) is 20.8 Å². The molecule has 17 heavy (non-hydrogen) atoms. The highest BCUT2D eigenvalue weighted by atomic mass is 79.9. The summed E-state index contributed by atoms with van der Waals surface area (Å²) in [7, 11) is 0. The van der Waals surface area contributed by atoms with Crippen molar-refractivity contribution in [2.75, 3.05) is 18.5 Å². The third-order valence-corrected chi connectivity index (χ3v) is 2.95. The van der Waals surface area contributed by atoms with Crippen LogP contribution in [0.2, 0.25) is 0 Å². The molecule has 5 heteroatoms. The second kappa shape index (κ2) is 6.85. The predicted octanol–water partition coefficient (Wildman–Crippen LogP) is 2.47. The van der Waals surface area contributed by atoms with Crippen molar-refractivity contribution in [3.05, 3.63) is 12.7 Å². The largest absolute Gasteiger partial charge is 0.352 e. The van der Waals surface area contributed by atoms with E-state index in [-0.39, 0.29) is 18.5 Å². The molecule has 0 amide bonds. The van der Waals surface area contributed by atoms with E-state index in [1.165, 1.54) is 0 Å². The van der Waals surface area contributed by atoms with Gasteiger partial charge in [-0.25, -0.2) is 0 Å². The zero-order valence-electron chi connectivity index (χ0n) is 10.6. The average molecular weight is 309 g/mol. The highest BCUT2D eigenvalue weighted by molar-refractivity contribution is 9.09. The van der Waals surface area contributed by atoms with Crippen LogP contribution >= 0.6 is 15.9 Å². The number of halogens is 1. The highest BCUT2D eigenvalue weighted by Gasteiger charge is 2.37. The van der Waals surface area contributed by atoms with Crippen molar-refractivity contribution in [2.45, 2.75) is 45.1 Å². The molecule has 1 fully saturated rings. The Hall–Kier alpha value is 0.0600. The van der Waals surface area contributed by atoms with Crippen LogP contribution in [0.1, 0.15) is 20.8 Å². The van der Waals surface area contributed by atoms with Crippen LogP contribution in [-0.4, -0.2) is 42.8 Å². The highest BCUT2D eigenvalue weighted by Crippen LogP contribution is 2.26. The lowest BCUT2D eigenvalue weighted by atomic mass is 10.2. The third kappa shape index (κ3) is 4.67. The minimum Gasteiger partial charge on any atom is -0.352 e. The molecule has 1 rings (SSSR count). The van der Waals surface area contributed by atoms with E-state index in [2.05, 4.69) is 22.5 Å². The minimum atomic E-state index is -0.551. The van der Waals surface area contributed by atoms with Crippen molar-refractivity contribution in [3.63, 3.8) is 0 Å². The molecule has 0 aliphatic carbocycles. The quantitative estimate of drug-likeness (QED) is 0.411. The molecular weight excluding hydrogens is 288 g/mol. The molecule has 0 aromatic carbocycles. The van der Waals surface area contributed by atoms with Crippen LogP contribution in [0.25, 0.3) is 0 Å². The molecule has 1 aliphatic heterocycles. The molecule has 0 saturated carbocycles. The summed E-state index contributed by atoms with van der Waals surface area (Å²) in [6, 6.07) is 0. The van der Waals surface area contributed by atoms with Crippen molar-refractivity contribution in [3.8, 4) is 0 Å². The first-order valence-electron chi connectivity index (χ1n) is 5.79. The monoisotopic (exact) mass is 308 g/mol. The lowest BCUT2D eigenvalue weighted by Gasteiger charge is -2.25. The van der Waals surface area contributed by atoms with E-state index in [1.54, 1.807) is 6.08 Å². The van der Waals surface area contributed by atoms with Gasteiger partial charge in [-0.3, -0.25) is 0 Å². The lowest BCUT2D eigenvalue weighted by Crippen LogP contribution is -2.36. The summed E-state index contributed by atoms with van der Waals surface area (Å²) in [4.78, 5) is 0. The van der Waals surface area contributed by atoms with E-state index >= 15 is 0 Å². The van der Waals surface area contributed by atoms with Crippen LogP contribution in [0.15, 0.2) is 12.7 Å². The van der Waals surface area contributed by atoms with Gasteiger partial charge < -0.3 is 18.9 Å². The van der Waals surface area contributed by atoms with Gasteiger partial charge >= 0.3 is 0 Å². The van der Waals surface area contributed by atoms with Crippen LogP contribution in [0.3, 0.4) is 0 Å². The summed E-state index contributed by atoms with van der Waals surface area (Å²) in [5.74, 6) is -0.551. The number of hydrogen-bond donors (Lipinski definition) is 0. The van der Waals surface area contributed by atoms with Gasteiger partial charge in [-0.2, -0.15) is 0 Å². The Kier molecular flexibility index (Phi) is 6.09. The molecule has 4 nitrogen and oxygen atoms in total. The summed E-state index contributed by atoms with van der Waals surface area (Å²) < 4.78 is 22.4. The first-order chi connectivity index (χ1) is 8.02. The Bertz CT molecular complexity index is 245. The first-order valence-corrected chi connectivity index (χ1v) is 6.92. The van der Waals surface area contributed by atoms with Gasteiger partial charge in [0.15, 0.2) is 12.1 Å². The number of hydrogen-bond acceptors (Lipinski definition) is 4. The molecule has 1 unspecified atom stereocenters. The van der Waals surface area contributed by atoms with E-state index in [1.807, 2.05) is 20.8 Å². The first kappa shape index (κ1) is 15.1. The lowest BCUT2D eigenvalue weighted by molar-refractivity contribution is -0.187. The van der Waals surface area contributed by atoms with E-state index in [9.17, 15) is 0 Å². The number of rotatable bonds is 7. The molecule has 1 saturated heterocycles. The maximum atomic E-state index is 5.77. The van der Waals surface area contributed by atoms with Crippen LogP contribution in [-0.2, 0) is 18.9 Å². The Morgan fingerprint density at radius 3 is 2.71 bits per heavy atom. The molecule has 0 radical (unpaired) electrons. The topological polar surface area (TPSA) is 36.9 Å². The Labute approximate surface area is 111 Å². The molecule has 0 aromatic heterocycles. The molecule has 0 bridgehead atoms.